The van der Waals surface area contributed by atoms with Crippen LogP contribution in [0.3, 0.4) is 0 Å². The summed E-state index contributed by atoms with van der Waals surface area (Å²) in [5.41, 5.74) is 0.876. The molecule has 1 N–H and O–H groups in total. The second-order valence-corrected chi connectivity index (χ2v) is 6.31. The number of carbonyl (C=O) groups is 1. The maximum absolute atomic E-state index is 11.2. The number of rotatable bonds is 5. The molecule has 0 aliphatic carbocycles. The molecular formula is C17H25NO2. The minimum absolute atomic E-state index is 0.512. The normalized spacial score (nSPS) is 20.5. The number of hydrogen-bond acceptors (Lipinski definition) is 2. The van der Waals surface area contributed by atoms with Gasteiger partial charge < -0.3 is 10.0 Å². The third kappa shape index (κ3) is 3.60. The van der Waals surface area contributed by atoms with Gasteiger partial charge in [0.25, 0.3) is 0 Å². The van der Waals surface area contributed by atoms with Crippen molar-refractivity contribution in [2.45, 2.75) is 39.0 Å². The predicted octanol–water partition coefficient (Wildman–Crippen LogP) is 3.37. The van der Waals surface area contributed by atoms with E-state index >= 15 is 0 Å². The maximum Gasteiger partial charge on any atom is 0.309 e. The molecule has 1 heterocycles. The van der Waals surface area contributed by atoms with Crippen molar-refractivity contribution >= 4 is 5.97 Å². The quantitative estimate of drug-likeness (QED) is 0.895. The lowest BCUT2D eigenvalue weighted by atomic mass is 9.80. The number of carboxylic acids is 1. The summed E-state index contributed by atoms with van der Waals surface area (Å²) in [5, 5.41) is 9.23. The van der Waals surface area contributed by atoms with E-state index in [1.807, 2.05) is 13.0 Å². The second-order valence-electron chi connectivity index (χ2n) is 6.31. The van der Waals surface area contributed by atoms with Crippen LogP contribution in [-0.4, -0.2) is 35.6 Å². The van der Waals surface area contributed by atoms with Crippen molar-refractivity contribution in [1.82, 2.24) is 4.90 Å². The van der Waals surface area contributed by atoms with Crippen LogP contribution in [0.2, 0.25) is 0 Å². The van der Waals surface area contributed by atoms with Gasteiger partial charge in [-0.25, -0.2) is 0 Å². The molecule has 0 bridgehead atoms. The average molecular weight is 275 g/mol. The summed E-state index contributed by atoms with van der Waals surface area (Å²) in [6, 6.07) is 10.6. The fraction of sp³-hybridized carbons (Fsp3) is 0.588. The van der Waals surface area contributed by atoms with Gasteiger partial charge in [-0.1, -0.05) is 37.3 Å². The second kappa shape index (κ2) is 6.40. The van der Waals surface area contributed by atoms with Crippen molar-refractivity contribution in [2.75, 3.05) is 19.6 Å². The van der Waals surface area contributed by atoms with Gasteiger partial charge in [-0.15, -0.1) is 0 Å². The molecule has 1 unspecified atom stereocenters. The number of piperidine rings is 1. The van der Waals surface area contributed by atoms with Gasteiger partial charge in [0.05, 0.1) is 5.41 Å². The molecule has 3 heteroatoms. The van der Waals surface area contributed by atoms with Crippen molar-refractivity contribution in [3.63, 3.8) is 0 Å². The molecule has 1 aliphatic heterocycles. The van der Waals surface area contributed by atoms with Crippen molar-refractivity contribution < 1.29 is 9.90 Å². The molecule has 1 atom stereocenters. The monoisotopic (exact) mass is 275 g/mol. The Morgan fingerprint density at radius 2 is 1.90 bits per heavy atom. The first kappa shape index (κ1) is 15.0. The molecule has 1 aliphatic rings. The third-order valence-corrected chi connectivity index (χ3v) is 4.72. The Morgan fingerprint density at radius 1 is 1.30 bits per heavy atom. The highest BCUT2D eigenvalue weighted by atomic mass is 16.4. The van der Waals surface area contributed by atoms with Crippen LogP contribution in [0.5, 0.6) is 0 Å². The van der Waals surface area contributed by atoms with Crippen LogP contribution in [0.25, 0.3) is 0 Å². The van der Waals surface area contributed by atoms with Gasteiger partial charge in [-0.2, -0.15) is 0 Å². The minimum Gasteiger partial charge on any atom is -0.481 e. The van der Waals surface area contributed by atoms with Crippen LogP contribution in [0, 0.1) is 5.41 Å². The van der Waals surface area contributed by atoms with Gasteiger partial charge in [-0.05, 0) is 57.3 Å². The van der Waals surface area contributed by atoms with Crippen LogP contribution < -0.4 is 0 Å². The number of benzene rings is 1. The predicted molar refractivity (Wildman–Crippen MR) is 80.9 cm³/mol. The summed E-state index contributed by atoms with van der Waals surface area (Å²) >= 11 is 0. The molecule has 0 amide bonds. The van der Waals surface area contributed by atoms with E-state index in [9.17, 15) is 9.90 Å². The topological polar surface area (TPSA) is 40.5 Å². The summed E-state index contributed by atoms with van der Waals surface area (Å²) in [4.78, 5) is 13.6. The van der Waals surface area contributed by atoms with Crippen molar-refractivity contribution in [3.05, 3.63) is 35.9 Å². The molecule has 1 aromatic rings. The van der Waals surface area contributed by atoms with Crippen molar-refractivity contribution in [2.24, 2.45) is 5.41 Å². The Morgan fingerprint density at radius 3 is 2.45 bits per heavy atom. The molecule has 1 aromatic carbocycles. The molecule has 0 radical (unpaired) electrons. The molecule has 20 heavy (non-hydrogen) atoms. The van der Waals surface area contributed by atoms with Gasteiger partial charge in [-0.3, -0.25) is 4.79 Å². The highest BCUT2D eigenvalue weighted by Crippen LogP contribution is 2.31. The zero-order valence-corrected chi connectivity index (χ0v) is 12.5. The van der Waals surface area contributed by atoms with Gasteiger partial charge in [0.15, 0.2) is 0 Å². The highest BCUT2D eigenvalue weighted by molar-refractivity contribution is 5.74. The van der Waals surface area contributed by atoms with E-state index in [1.54, 1.807) is 0 Å². The molecule has 0 spiro atoms. The number of nitrogens with zero attached hydrogens (tertiary/aromatic N) is 1. The largest absolute Gasteiger partial charge is 0.481 e. The van der Waals surface area contributed by atoms with E-state index in [0.717, 1.165) is 38.9 Å². The summed E-state index contributed by atoms with van der Waals surface area (Å²) in [6.45, 7) is 7.01. The molecule has 2 rings (SSSR count). The van der Waals surface area contributed by atoms with E-state index in [2.05, 4.69) is 36.1 Å². The number of aliphatic carboxylic acids is 1. The Kier molecular flexibility index (Phi) is 4.81. The molecule has 1 saturated heterocycles. The standard InChI is InChI=1S/C17H25NO2/c1-14(15-6-4-3-5-7-15)8-11-18-12-9-17(2,10-13-18)16(19)20/h3-7,14H,8-13H2,1-2H3,(H,19,20). The molecular weight excluding hydrogens is 250 g/mol. The summed E-state index contributed by atoms with van der Waals surface area (Å²) < 4.78 is 0. The van der Waals surface area contributed by atoms with Crippen molar-refractivity contribution in [3.8, 4) is 0 Å². The summed E-state index contributed by atoms with van der Waals surface area (Å²) in [7, 11) is 0. The molecule has 1 fully saturated rings. The van der Waals surface area contributed by atoms with Crippen molar-refractivity contribution in [1.29, 1.82) is 0 Å². The van der Waals surface area contributed by atoms with E-state index < -0.39 is 11.4 Å². The fourth-order valence-corrected chi connectivity index (χ4v) is 2.81. The van der Waals surface area contributed by atoms with E-state index in [-0.39, 0.29) is 0 Å². The third-order valence-electron chi connectivity index (χ3n) is 4.72. The van der Waals surface area contributed by atoms with Crippen LogP contribution in [0.1, 0.15) is 44.6 Å². The van der Waals surface area contributed by atoms with Gasteiger partial charge in [0.1, 0.15) is 0 Å². The highest BCUT2D eigenvalue weighted by Gasteiger charge is 2.36. The Bertz CT molecular complexity index is 436. The lowest BCUT2D eigenvalue weighted by Crippen LogP contribution is -2.43. The molecule has 0 aromatic heterocycles. The summed E-state index contributed by atoms with van der Waals surface area (Å²) in [6.07, 6.45) is 2.66. The van der Waals surface area contributed by atoms with Gasteiger partial charge in [0.2, 0.25) is 0 Å². The van der Waals surface area contributed by atoms with Crippen LogP contribution in [0.4, 0.5) is 0 Å². The van der Waals surface area contributed by atoms with E-state index in [0.29, 0.717) is 5.92 Å². The van der Waals surface area contributed by atoms with Gasteiger partial charge >= 0.3 is 5.97 Å². The average Bonchev–Trinajstić information content (AvgIpc) is 2.47. The maximum atomic E-state index is 11.2. The molecule has 0 saturated carbocycles. The zero-order valence-electron chi connectivity index (χ0n) is 12.5. The molecule has 110 valence electrons. The van der Waals surface area contributed by atoms with E-state index in [4.69, 9.17) is 0 Å². The first-order valence-corrected chi connectivity index (χ1v) is 7.52. The molecule has 3 nitrogen and oxygen atoms in total. The fourth-order valence-electron chi connectivity index (χ4n) is 2.81. The summed E-state index contributed by atoms with van der Waals surface area (Å²) in [5.74, 6) is -0.0845. The lowest BCUT2D eigenvalue weighted by molar-refractivity contribution is -0.150. The Labute approximate surface area is 121 Å². The van der Waals surface area contributed by atoms with Gasteiger partial charge in [0, 0.05) is 0 Å². The SMILES string of the molecule is CC(CCN1CCC(C)(C(=O)O)CC1)c1ccccc1. The Hall–Kier alpha value is -1.35. The first-order chi connectivity index (χ1) is 9.51. The lowest BCUT2D eigenvalue weighted by Gasteiger charge is -2.36. The number of likely N-dealkylation sites (tertiary alicyclic amines) is 1. The van der Waals surface area contributed by atoms with Crippen LogP contribution in [0.15, 0.2) is 30.3 Å². The van der Waals surface area contributed by atoms with E-state index in [1.165, 1.54) is 5.56 Å². The minimum atomic E-state index is -0.644. The Balaban J connectivity index is 1.78. The number of hydrogen-bond donors (Lipinski definition) is 1. The van der Waals surface area contributed by atoms with Crippen LogP contribution in [-0.2, 0) is 4.79 Å². The van der Waals surface area contributed by atoms with Crippen LogP contribution >= 0.6 is 0 Å². The first-order valence-electron chi connectivity index (χ1n) is 7.52. The smallest absolute Gasteiger partial charge is 0.309 e. The zero-order chi connectivity index (χ0) is 14.6. The number of carboxylic acid groups (broad SMARTS) is 1.